The SMILES string of the molecule is CCc1ccc(N2C(=O)C(Nc3cccc(C)c3C)=C(c3ccc(OC(C)C)cc3)C2=O)cc1. The van der Waals surface area contributed by atoms with Crippen molar-refractivity contribution in [2.24, 2.45) is 0 Å². The fraction of sp³-hybridized carbons (Fsp3) is 0.241. The largest absolute Gasteiger partial charge is 0.491 e. The van der Waals surface area contributed by atoms with Crippen molar-refractivity contribution < 1.29 is 14.3 Å². The summed E-state index contributed by atoms with van der Waals surface area (Å²) < 4.78 is 5.75. The van der Waals surface area contributed by atoms with Gasteiger partial charge in [-0.15, -0.1) is 0 Å². The van der Waals surface area contributed by atoms with Crippen LogP contribution >= 0.6 is 0 Å². The van der Waals surface area contributed by atoms with E-state index in [1.165, 1.54) is 4.90 Å². The van der Waals surface area contributed by atoms with Crippen LogP contribution in [0.1, 0.15) is 43.0 Å². The van der Waals surface area contributed by atoms with Gasteiger partial charge in [0.2, 0.25) is 0 Å². The molecule has 5 nitrogen and oxygen atoms in total. The van der Waals surface area contributed by atoms with Crippen molar-refractivity contribution in [1.82, 2.24) is 0 Å². The molecule has 0 bridgehead atoms. The van der Waals surface area contributed by atoms with Crippen LogP contribution in [-0.2, 0) is 16.0 Å². The highest BCUT2D eigenvalue weighted by Crippen LogP contribution is 2.35. The molecular weight excluding hydrogens is 424 g/mol. The van der Waals surface area contributed by atoms with Crippen molar-refractivity contribution in [2.75, 3.05) is 10.2 Å². The van der Waals surface area contributed by atoms with Gasteiger partial charge in [0, 0.05) is 5.69 Å². The molecule has 174 valence electrons. The smallest absolute Gasteiger partial charge is 0.282 e. The summed E-state index contributed by atoms with van der Waals surface area (Å²) in [5.74, 6) is -0.000542. The third kappa shape index (κ3) is 4.46. The van der Waals surface area contributed by atoms with E-state index in [4.69, 9.17) is 4.74 Å². The van der Waals surface area contributed by atoms with Crippen molar-refractivity contribution in [3.8, 4) is 5.75 Å². The molecule has 3 aromatic rings. The molecule has 0 aliphatic carbocycles. The molecule has 0 aromatic heterocycles. The molecule has 0 unspecified atom stereocenters. The number of anilines is 2. The van der Waals surface area contributed by atoms with Crippen LogP contribution in [0.5, 0.6) is 5.75 Å². The van der Waals surface area contributed by atoms with Gasteiger partial charge < -0.3 is 10.1 Å². The molecule has 1 heterocycles. The zero-order valence-electron chi connectivity index (χ0n) is 20.3. The van der Waals surface area contributed by atoms with Gasteiger partial charge in [0.1, 0.15) is 11.4 Å². The van der Waals surface area contributed by atoms with Gasteiger partial charge in [-0.05, 0) is 86.7 Å². The van der Waals surface area contributed by atoms with Gasteiger partial charge in [0.05, 0.1) is 17.4 Å². The Hall–Kier alpha value is -3.86. The topological polar surface area (TPSA) is 58.6 Å². The number of hydrogen-bond donors (Lipinski definition) is 1. The molecule has 0 spiro atoms. The van der Waals surface area contributed by atoms with Gasteiger partial charge in [-0.25, -0.2) is 4.90 Å². The maximum atomic E-state index is 13.7. The van der Waals surface area contributed by atoms with E-state index in [0.29, 0.717) is 22.6 Å². The summed E-state index contributed by atoms with van der Waals surface area (Å²) >= 11 is 0. The van der Waals surface area contributed by atoms with Crippen molar-refractivity contribution in [1.29, 1.82) is 0 Å². The highest BCUT2D eigenvalue weighted by Gasteiger charge is 2.40. The fourth-order valence-electron chi connectivity index (χ4n) is 4.02. The average molecular weight is 455 g/mol. The number of carbonyl (C=O) groups is 2. The Bertz CT molecular complexity index is 1260. The monoisotopic (exact) mass is 454 g/mol. The summed E-state index contributed by atoms with van der Waals surface area (Å²) in [4.78, 5) is 28.5. The molecule has 3 aromatic carbocycles. The Morgan fingerprint density at radius 1 is 0.882 bits per heavy atom. The summed E-state index contributed by atoms with van der Waals surface area (Å²) in [5.41, 5.74) is 5.92. The van der Waals surface area contributed by atoms with Crippen LogP contribution in [-0.4, -0.2) is 17.9 Å². The van der Waals surface area contributed by atoms with Crippen molar-refractivity contribution >= 4 is 28.8 Å². The molecule has 0 radical (unpaired) electrons. The highest BCUT2D eigenvalue weighted by molar-refractivity contribution is 6.46. The number of nitrogens with one attached hydrogen (secondary N) is 1. The van der Waals surface area contributed by atoms with Gasteiger partial charge in [-0.2, -0.15) is 0 Å². The maximum absolute atomic E-state index is 13.7. The number of benzene rings is 3. The summed E-state index contributed by atoms with van der Waals surface area (Å²) in [6.45, 7) is 10.0. The summed E-state index contributed by atoms with van der Waals surface area (Å²) in [5, 5.41) is 3.28. The minimum atomic E-state index is -0.368. The van der Waals surface area contributed by atoms with Crippen LogP contribution in [0.2, 0.25) is 0 Å². The van der Waals surface area contributed by atoms with E-state index in [-0.39, 0.29) is 23.6 Å². The van der Waals surface area contributed by atoms with E-state index < -0.39 is 0 Å². The first-order chi connectivity index (χ1) is 16.3. The minimum Gasteiger partial charge on any atom is -0.491 e. The van der Waals surface area contributed by atoms with Gasteiger partial charge >= 0.3 is 0 Å². The van der Waals surface area contributed by atoms with Gasteiger partial charge in [-0.3, -0.25) is 9.59 Å². The summed E-state index contributed by atoms with van der Waals surface area (Å²) in [7, 11) is 0. The number of rotatable bonds is 7. The first kappa shape index (κ1) is 23.3. The molecule has 0 atom stereocenters. The van der Waals surface area contributed by atoms with Crippen molar-refractivity contribution in [2.45, 2.75) is 47.1 Å². The number of nitrogens with zero attached hydrogens (tertiary/aromatic N) is 1. The molecule has 0 saturated carbocycles. The Morgan fingerprint density at radius 3 is 2.18 bits per heavy atom. The Balaban J connectivity index is 1.79. The van der Waals surface area contributed by atoms with Gasteiger partial charge in [0.25, 0.3) is 11.8 Å². The second kappa shape index (κ2) is 9.56. The number of aryl methyl sites for hydroxylation is 2. The molecule has 2 amide bonds. The second-order valence-corrected chi connectivity index (χ2v) is 8.78. The molecular formula is C29H30N2O3. The normalized spacial score (nSPS) is 13.8. The molecule has 5 heteroatoms. The molecule has 0 saturated heterocycles. The van der Waals surface area contributed by atoms with E-state index in [9.17, 15) is 9.59 Å². The van der Waals surface area contributed by atoms with Crippen LogP contribution in [0.4, 0.5) is 11.4 Å². The van der Waals surface area contributed by atoms with Crippen LogP contribution in [0.15, 0.2) is 72.4 Å². The first-order valence-electron chi connectivity index (χ1n) is 11.6. The molecule has 1 aliphatic rings. The zero-order valence-corrected chi connectivity index (χ0v) is 20.3. The van der Waals surface area contributed by atoms with Crippen LogP contribution in [0.3, 0.4) is 0 Å². The van der Waals surface area contributed by atoms with Gasteiger partial charge in [0.15, 0.2) is 0 Å². The van der Waals surface area contributed by atoms with E-state index in [1.807, 2.05) is 94.4 Å². The summed E-state index contributed by atoms with van der Waals surface area (Å²) in [6.07, 6.45) is 0.929. The number of amides is 2. The number of imide groups is 1. The number of hydrogen-bond acceptors (Lipinski definition) is 4. The van der Waals surface area contributed by atoms with Crippen LogP contribution < -0.4 is 15.0 Å². The highest BCUT2D eigenvalue weighted by atomic mass is 16.5. The molecule has 4 rings (SSSR count). The molecule has 0 fully saturated rings. The second-order valence-electron chi connectivity index (χ2n) is 8.78. The Morgan fingerprint density at radius 2 is 1.56 bits per heavy atom. The standard InChI is InChI=1S/C29H30N2O3/c1-6-21-10-14-23(15-11-21)31-28(32)26(22-12-16-24(17-13-22)34-18(2)3)27(29(31)33)30-25-9-7-8-19(4)20(25)5/h7-18,30H,6H2,1-5H3. The predicted octanol–water partition coefficient (Wildman–Crippen LogP) is 6.05. The summed E-state index contributed by atoms with van der Waals surface area (Å²) in [6, 6.07) is 20.7. The lowest BCUT2D eigenvalue weighted by Gasteiger charge is -2.16. The van der Waals surface area contributed by atoms with Crippen molar-refractivity contribution in [3.05, 3.63) is 94.7 Å². The average Bonchev–Trinajstić information content (AvgIpc) is 3.06. The molecule has 1 aliphatic heterocycles. The Labute approximate surface area is 201 Å². The Kier molecular flexibility index (Phi) is 6.55. The third-order valence-electron chi connectivity index (χ3n) is 6.07. The van der Waals surface area contributed by atoms with Crippen LogP contribution in [0.25, 0.3) is 5.57 Å². The maximum Gasteiger partial charge on any atom is 0.282 e. The quantitative estimate of drug-likeness (QED) is 0.442. The van der Waals surface area contributed by atoms with Gasteiger partial charge in [-0.1, -0.05) is 43.3 Å². The lowest BCUT2D eigenvalue weighted by Crippen LogP contribution is -2.32. The minimum absolute atomic E-state index is 0.0443. The van der Waals surface area contributed by atoms with E-state index in [2.05, 4.69) is 12.2 Å². The lowest BCUT2D eigenvalue weighted by molar-refractivity contribution is -0.120. The third-order valence-corrected chi connectivity index (χ3v) is 6.07. The van der Waals surface area contributed by atoms with Crippen LogP contribution in [0, 0.1) is 13.8 Å². The number of ether oxygens (including phenoxy) is 1. The van der Waals surface area contributed by atoms with E-state index >= 15 is 0 Å². The fourth-order valence-corrected chi connectivity index (χ4v) is 4.02. The first-order valence-corrected chi connectivity index (χ1v) is 11.6. The van der Waals surface area contributed by atoms with E-state index in [0.717, 1.165) is 28.8 Å². The molecule has 1 N–H and O–H groups in total. The van der Waals surface area contributed by atoms with Crippen molar-refractivity contribution in [3.63, 3.8) is 0 Å². The van der Waals surface area contributed by atoms with E-state index in [1.54, 1.807) is 0 Å². The predicted molar refractivity (Wildman–Crippen MR) is 137 cm³/mol. The number of carbonyl (C=O) groups excluding carboxylic acids is 2. The lowest BCUT2D eigenvalue weighted by atomic mass is 10.0. The molecule has 34 heavy (non-hydrogen) atoms. The zero-order chi connectivity index (χ0) is 24.4.